The van der Waals surface area contributed by atoms with Gasteiger partial charge in [0.25, 0.3) is 0 Å². The molecule has 1 rings (SSSR count). The van der Waals surface area contributed by atoms with Crippen molar-refractivity contribution in [1.82, 2.24) is 0 Å². The molecule has 98 valence electrons. The van der Waals surface area contributed by atoms with Crippen LogP contribution < -0.4 is 20.3 Å². The third kappa shape index (κ3) is 3.85. The highest BCUT2D eigenvalue weighted by Gasteiger charge is 2.19. The zero-order valence-electron chi connectivity index (χ0n) is 8.73. The minimum absolute atomic E-state index is 0.320. The van der Waals surface area contributed by atoms with Crippen LogP contribution >= 0.6 is 7.60 Å². The van der Waals surface area contributed by atoms with Gasteiger partial charge in [0.05, 0.1) is 17.2 Å². The average molecular weight is 274 g/mol. The van der Waals surface area contributed by atoms with E-state index in [4.69, 9.17) is 9.79 Å². The Kier molecular flexibility index (Phi) is 4.07. The van der Waals surface area contributed by atoms with E-state index >= 15 is 0 Å². The second-order valence-electron chi connectivity index (χ2n) is 3.21. The number of hydrogen-bond donors (Lipinski definition) is 2. The number of carbonyl (C=O) groups is 2. The third-order valence-electron chi connectivity index (χ3n) is 1.82. The van der Waals surface area contributed by atoms with Gasteiger partial charge in [-0.2, -0.15) is 0 Å². The first kappa shape index (κ1) is 14.2. The molecule has 0 aliphatic carbocycles. The molecule has 0 aromatic heterocycles. The van der Waals surface area contributed by atoms with Gasteiger partial charge in [-0.1, -0.05) is 0 Å². The van der Waals surface area contributed by atoms with E-state index in [9.17, 15) is 24.4 Å². The molecule has 2 N–H and O–H groups in total. The summed E-state index contributed by atoms with van der Waals surface area (Å²) in [6.07, 6.45) is 0. The minimum atomic E-state index is -4.69. The standard InChI is InChI=1S/C9H9O8P/c10-8(11)4-17-6-1-5(9(12)13)2-7(3-6)18(14,15)16/h1-3H,4H2,(H,10,11)(H,12,13)(H2,14,15,16)/p-2. The van der Waals surface area contributed by atoms with Crippen molar-refractivity contribution < 1.29 is 38.9 Å². The smallest absolute Gasteiger partial charge is 0.356 e. The van der Waals surface area contributed by atoms with Gasteiger partial charge in [0.2, 0.25) is 0 Å². The van der Waals surface area contributed by atoms with Gasteiger partial charge in [0.15, 0.2) is 0 Å². The van der Waals surface area contributed by atoms with Crippen LogP contribution in [0.2, 0.25) is 0 Å². The molecule has 0 amide bonds. The first-order valence-electron chi connectivity index (χ1n) is 4.45. The number of carboxylic acid groups (broad SMARTS) is 2. The fourth-order valence-electron chi connectivity index (χ4n) is 1.09. The molecule has 0 unspecified atom stereocenters. The van der Waals surface area contributed by atoms with E-state index in [0.717, 1.165) is 18.2 Å². The molecule has 0 bridgehead atoms. The Morgan fingerprint density at radius 1 is 1.22 bits per heavy atom. The number of rotatable bonds is 5. The molecule has 0 radical (unpaired) electrons. The van der Waals surface area contributed by atoms with E-state index in [2.05, 4.69) is 4.74 Å². The van der Waals surface area contributed by atoms with Gasteiger partial charge in [-0.05, 0) is 18.2 Å². The summed E-state index contributed by atoms with van der Waals surface area (Å²) >= 11 is 0. The molecule has 8 nitrogen and oxygen atoms in total. The second kappa shape index (κ2) is 5.18. The summed E-state index contributed by atoms with van der Waals surface area (Å²) in [5.41, 5.74) is -0.538. The summed E-state index contributed by atoms with van der Waals surface area (Å²) in [7, 11) is -4.69. The van der Waals surface area contributed by atoms with Crippen LogP contribution in [0.25, 0.3) is 0 Å². The molecule has 0 heterocycles. The Morgan fingerprint density at radius 3 is 2.28 bits per heavy atom. The van der Waals surface area contributed by atoms with Crippen molar-refractivity contribution in [2.24, 2.45) is 0 Å². The number of carboxylic acids is 2. The predicted molar refractivity (Wildman–Crippen MR) is 53.0 cm³/mol. The molecule has 0 saturated heterocycles. The van der Waals surface area contributed by atoms with Crippen LogP contribution in [0.15, 0.2) is 18.2 Å². The molecule has 0 aliphatic heterocycles. The van der Waals surface area contributed by atoms with Crippen LogP contribution in [0.5, 0.6) is 5.75 Å². The van der Waals surface area contributed by atoms with Crippen LogP contribution in [0, 0.1) is 0 Å². The van der Waals surface area contributed by atoms with E-state index < -0.39 is 37.0 Å². The Labute approximate surface area is 101 Å². The molecule has 9 heteroatoms. The van der Waals surface area contributed by atoms with Crippen LogP contribution in [-0.4, -0.2) is 28.3 Å². The fraction of sp³-hybridized carbons (Fsp3) is 0.111. The number of benzene rings is 1. The molecule has 0 fully saturated rings. The number of ether oxygens (including phenoxy) is 1. The van der Waals surface area contributed by atoms with Crippen LogP contribution in [0.1, 0.15) is 10.4 Å². The van der Waals surface area contributed by atoms with Gasteiger partial charge >= 0.3 is 7.60 Å². The van der Waals surface area contributed by atoms with Gasteiger partial charge < -0.3 is 34.3 Å². The van der Waals surface area contributed by atoms with Gasteiger partial charge in [0, 0.05) is 5.56 Å². The molecule has 0 atom stereocenters. The van der Waals surface area contributed by atoms with E-state index in [-0.39, 0.29) is 5.75 Å². The SMILES string of the molecule is O=C([O-])COc1cc(C(=O)[O-])cc(P(=O)(O)O)c1. The Morgan fingerprint density at radius 2 is 1.83 bits per heavy atom. The lowest BCUT2D eigenvalue weighted by atomic mass is 10.2. The zero-order chi connectivity index (χ0) is 13.9. The van der Waals surface area contributed by atoms with Crippen molar-refractivity contribution in [1.29, 1.82) is 0 Å². The Hall–Kier alpha value is -1.89. The Balaban J connectivity index is 3.18. The van der Waals surface area contributed by atoms with Crippen molar-refractivity contribution in [3.63, 3.8) is 0 Å². The fourth-order valence-corrected chi connectivity index (χ4v) is 1.70. The van der Waals surface area contributed by atoms with Crippen LogP contribution in [0.4, 0.5) is 0 Å². The van der Waals surface area contributed by atoms with Crippen molar-refractivity contribution in [3.05, 3.63) is 23.8 Å². The number of hydrogen-bond acceptors (Lipinski definition) is 6. The first-order chi connectivity index (χ1) is 8.20. The second-order valence-corrected chi connectivity index (χ2v) is 4.81. The van der Waals surface area contributed by atoms with Gasteiger partial charge in [-0.15, -0.1) is 0 Å². The number of aromatic carboxylic acids is 1. The van der Waals surface area contributed by atoms with E-state index in [1.165, 1.54) is 0 Å². The number of aliphatic carboxylic acids is 1. The molecule has 1 aromatic rings. The predicted octanol–water partition coefficient (Wildman–Crippen LogP) is -3.02. The van der Waals surface area contributed by atoms with Gasteiger partial charge in [0.1, 0.15) is 12.4 Å². The maximum absolute atomic E-state index is 11.0. The molecule has 1 aromatic carbocycles. The summed E-state index contributed by atoms with van der Waals surface area (Å²) in [6, 6.07) is 2.45. The maximum atomic E-state index is 11.0. The van der Waals surface area contributed by atoms with Crippen LogP contribution in [-0.2, 0) is 9.36 Å². The molecule has 0 aliphatic rings. The summed E-state index contributed by atoms with van der Waals surface area (Å²) in [5.74, 6) is -3.56. The van der Waals surface area contributed by atoms with E-state index in [1.54, 1.807) is 0 Å². The lowest BCUT2D eigenvalue weighted by molar-refractivity contribution is -0.307. The topological polar surface area (TPSA) is 147 Å². The minimum Gasteiger partial charge on any atom is -0.546 e. The summed E-state index contributed by atoms with van der Waals surface area (Å²) in [6.45, 7) is -0.878. The lowest BCUT2D eigenvalue weighted by Crippen LogP contribution is -2.29. The van der Waals surface area contributed by atoms with Crippen molar-refractivity contribution in [3.8, 4) is 5.75 Å². The largest absolute Gasteiger partial charge is 0.546 e. The molecule has 18 heavy (non-hydrogen) atoms. The van der Waals surface area contributed by atoms with Crippen molar-refractivity contribution >= 4 is 24.8 Å². The van der Waals surface area contributed by atoms with E-state index in [1.807, 2.05) is 0 Å². The van der Waals surface area contributed by atoms with Gasteiger partial charge in [-0.3, -0.25) is 4.57 Å². The Bertz CT molecular complexity index is 531. The first-order valence-corrected chi connectivity index (χ1v) is 6.06. The third-order valence-corrected chi connectivity index (χ3v) is 2.75. The summed E-state index contributed by atoms with van der Waals surface area (Å²) < 4.78 is 15.6. The van der Waals surface area contributed by atoms with Crippen molar-refractivity contribution in [2.75, 3.05) is 6.61 Å². The van der Waals surface area contributed by atoms with Gasteiger partial charge in [-0.25, -0.2) is 0 Å². The molecular weight excluding hydrogens is 267 g/mol. The quantitative estimate of drug-likeness (QED) is 0.539. The zero-order valence-corrected chi connectivity index (χ0v) is 9.62. The number of carbonyl (C=O) groups excluding carboxylic acids is 2. The van der Waals surface area contributed by atoms with Crippen LogP contribution in [0.3, 0.4) is 0 Å². The lowest BCUT2D eigenvalue weighted by Gasteiger charge is -2.12. The maximum Gasteiger partial charge on any atom is 0.356 e. The highest BCUT2D eigenvalue weighted by atomic mass is 31.2. The molecular formula is C9H7O8P-2. The highest BCUT2D eigenvalue weighted by molar-refractivity contribution is 7.60. The monoisotopic (exact) mass is 274 g/mol. The van der Waals surface area contributed by atoms with E-state index in [0.29, 0.717) is 0 Å². The van der Waals surface area contributed by atoms with Crippen molar-refractivity contribution in [2.45, 2.75) is 0 Å². The highest BCUT2D eigenvalue weighted by Crippen LogP contribution is 2.34. The summed E-state index contributed by atoms with van der Waals surface area (Å²) in [4.78, 5) is 38.6. The normalized spacial score (nSPS) is 11.0. The average Bonchev–Trinajstić information content (AvgIpc) is 2.24. The summed E-state index contributed by atoms with van der Waals surface area (Å²) in [5, 5.41) is 20.2. The molecule has 0 saturated carbocycles. The molecule has 0 spiro atoms.